The van der Waals surface area contributed by atoms with E-state index in [9.17, 15) is 9.59 Å². The van der Waals surface area contributed by atoms with Gasteiger partial charge in [-0.1, -0.05) is 38.6 Å². The normalized spacial score (nSPS) is 26.5. The maximum absolute atomic E-state index is 12.9. The lowest BCUT2D eigenvalue weighted by Crippen LogP contribution is -2.46. The Morgan fingerprint density at radius 1 is 1.30 bits per heavy atom. The lowest BCUT2D eigenvalue weighted by Gasteiger charge is -2.39. The van der Waals surface area contributed by atoms with Crippen LogP contribution in [-0.4, -0.2) is 38.4 Å². The van der Waals surface area contributed by atoms with Crippen molar-refractivity contribution < 1.29 is 9.59 Å². The van der Waals surface area contributed by atoms with E-state index < -0.39 is 0 Å². The zero-order valence-corrected chi connectivity index (χ0v) is 18.8. The molecule has 2 N–H and O–H groups in total. The van der Waals surface area contributed by atoms with Gasteiger partial charge in [0.15, 0.2) is 5.16 Å². The van der Waals surface area contributed by atoms with Crippen LogP contribution in [0.15, 0.2) is 35.7 Å². The number of rotatable bonds is 6. The van der Waals surface area contributed by atoms with E-state index in [2.05, 4.69) is 41.6 Å². The van der Waals surface area contributed by atoms with E-state index in [1.54, 1.807) is 35.2 Å². The van der Waals surface area contributed by atoms with Gasteiger partial charge in [-0.05, 0) is 54.2 Å². The average molecular weight is 428 g/mol. The van der Waals surface area contributed by atoms with Crippen LogP contribution in [0.3, 0.4) is 0 Å². The molecule has 7 nitrogen and oxygen atoms in total. The van der Waals surface area contributed by atoms with Gasteiger partial charge in [-0.15, -0.1) is 10.2 Å². The molecule has 160 valence electrons. The Morgan fingerprint density at radius 3 is 2.73 bits per heavy atom. The first-order valence-electron chi connectivity index (χ1n) is 10.4. The van der Waals surface area contributed by atoms with Gasteiger partial charge < -0.3 is 15.2 Å². The third-order valence-electron chi connectivity index (χ3n) is 7.51. The summed E-state index contributed by atoms with van der Waals surface area (Å²) >= 11 is 1.32. The highest BCUT2D eigenvalue weighted by Gasteiger charge is 2.61. The number of aryl methyl sites for hydroxylation is 1. The zero-order valence-electron chi connectivity index (χ0n) is 17.9. The van der Waals surface area contributed by atoms with Crippen molar-refractivity contribution in [2.75, 3.05) is 11.1 Å². The smallest absolute Gasteiger partial charge is 0.251 e. The maximum Gasteiger partial charge on any atom is 0.251 e. The number of carbonyl (C=O) groups is 2. The molecule has 2 aliphatic rings. The van der Waals surface area contributed by atoms with Crippen LogP contribution in [0.25, 0.3) is 0 Å². The van der Waals surface area contributed by atoms with Gasteiger partial charge in [-0.2, -0.15) is 0 Å². The van der Waals surface area contributed by atoms with Crippen LogP contribution in [0, 0.1) is 16.7 Å². The summed E-state index contributed by atoms with van der Waals surface area (Å²) in [5.41, 5.74) is 1.57. The second-order valence-electron chi connectivity index (χ2n) is 9.28. The fourth-order valence-electron chi connectivity index (χ4n) is 5.13. The van der Waals surface area contributed by atoms with E-state index >= 15 is 0 Å². The summed E-state index contributed by atoms with van der Waals surface area (Å²) in [6.07, 6.45) is 5.06. The Morgan fingerprint density at radius 2 is 2.10 bits per heavy atom. The lowest BCUT2D eigenvalue weighted by atomic mass is 9.69. The van der Waals surface area contributed by atoms with Gasteiger partial charge in [0.1, 0.15) is 6.33 Å². The molecule has 1 aromatic carbocycles. The van der Waals surface area contributed by atoms with Crippen molar-refractivity contribution in [1.29, 1.82) is 0 Å². The van der Waals surface area contributed by atoms with Crippen molar-refractivity contribution >= 4 is 29.3 Å². The van der Waals surface area contributed by atoms with Crippen molar-refractivity contribution in [3.05, 3.63) is 36.2 Å². The molecular weight excluding hydrogens is 398 g/mol. The number of aromatic nitrogens is 3. The Kier molecular flexibility index (Phi) is 5.38. The predicted octanol–water partition coefficient (Wildman–Crippen LogP) is 3.49. The molecule has 1 aromatic heterocycles. The van der Waals surface area contributed by atoms with E-state index in [0.717, 1.165) is 12.8 Å². The van der Waals surface area contributed by atoms with Gasteiger partial charge in [0, 0.05) is 24.3 Å². The summed E-state index contributed by atoms with van der Waals surface area (Å²) in [5.74, 6) is 0.668. The van der Waals surface area contributed by atoms with Crippen LogP contribution in [0.1, 0.15) is 50.4 Å². The van der Waals surface area contributed by atoms with Gasteiger partial charge in [0.05, 0.1) is 5.75 Å². The topological polar surface area (TPSA) is 88.9 Å². The van der Waals surface area contributed by atoms with Gasteiger partial charge in [-0.25, -0.2) is 0 Å². The highest BCUT2D eigenvalue weighted by Crippen LogP contribution is 2.65. The second kappa shape index (κ2) is 7.72. The van der Waals surface area contributed by atoms with Crippen LogP contribution in [0.5, 0.6) is 0 Å². The van der Waals surface area contributed by atoms with Crippen LogP contribution in [-0.2, 0) is 11.8 Å². The van der Waals surface area contributed by atoms with Crippen molar-refractivity contribution in [2.45, 2.75) is 51.2 Å². The number of hydrogen-bond donors (Lipinski definition) is 2. The molecular formula is C22H29N5O2S. The summed E-state index contributed by atoms with van der Waals surface area (Å²) in [5, 5.41) is 14.6. The first kappa shape index (κ1) is 20.9. The van der Waals surface area contributed by atoms with Gasteiger partial charge in [0.2, 0.25) is 5.91 Å². The zero-order chi connectivity index (χ0) is 21.5. The number of nitrogens with one attached hydrogen (secondary N) is 2. The summed E-state index contributed by atoms with van der Waals surface area (Å²) < 4.78 is 1.76. The molecule has 3 unspecified atom stereocenters. The van der Waals surface area contributed by atoms with Gasteiger partial charge in [-0.3, -0.25) is 9.59 Å². The predicted molar refractivity (Wildman–Crippen MR) is 117 cm³/mol. The maximum atomic E-state index is 12.9. The van der Waals surface area contributed by atoms with E-state index in [-0.39, 0.29) is 34.4 Å². The molecule has 2 aromatic rings. The van der Waals surface area contributed by atoms with Gasteiger partial charge in [0.25, 0.3) is 5.91 Å². The van der Waals surface area contributed by atoms with Crippen LogP contribution in [0.4, 0.5) is 5.69 Å². The molecule has 30 heavy (non-hydrogen) atoms. The van der Waals surface area contributed by atoms with Crippen molar-refractivity contribution in [2.24, 2.45) is 23.8 Å². The second-order valence-corrected chi connectivity index (χ2v) is 10.2. The van der Waals surface area contributed by atoms with E-state index in [0.29, 0.717) is 22.3 Å². The molecule has 8 heteroatoms. The fourth-order valence-corrected chi connectivity index (χ4v) is 5.82. The number of hydrogen-bond acceptors (Lipinski definition) is 5. The molecule has 0 spiro atoms. The highest BCUT2D eigenvalue weighted by atomic mass is 32.2. The Bertz CT molecular complexity index is 972. The van der Waals surface area contributed by atoms with Crippen LogP contribution < -0.4 is 10.6 Å². The molecule has 4 rings (SSSR count). The Balaban J connectivity index is 1.37. The van der Waals surface area contributed by atoms with E-state index in [1.165, 1.54) is 18.2 Å². The van der Waals surface area contributed by atoms with Crippen LogP contribution >= 0.6 is 11.8 Å². The number of thioether (sulfide) groups is 1. The highest BCUT2D eigenvalue weighted by molar-refractivity contribution is 7.99. The van der Waals surface area contributed by atoms with Gasteiger partial charge >= 0.3 is 0 Å². The standard InChI is InChI=1S/C22H29N5O2S/c1-21(2)15-8-9-22(21,3)17(11-15)25-19(29)14-6-5-7-16(10-14)24-18(28)12-30-20-26-23-13-27(20)4/h5-7,10,13,15,17H,8-9,11-12H2,1-4H3,(H,24,28)(H,25,29). The molecule has 0 saturated heterocycles. The van der Waals surface area contributed by atoms with Crippen molar-refractivity contribution in [3.63, 3.8) is 0 Å². The first-order valence-corrected chi connectivity index (χ1v) is 11.4. The summed E-state index contributed by atoms with van der Waals surface area (Å²) in [7, 11) is 1.83. The number of anilines is 1. The molecule has 2 aliphatic carbocycles. The summed E-state index contributed by atoms with van der Waals surface area (Å²) in [6, 6.07) is 7.32. The number of nitrogens with zero attached hydrogens (tertiary/aromatic N) is 3. The Labute approximate surface area is 181 Å². The minimum absolute atomic E-state index is 0.0749. The minimum atomic E-state index is -0.150. The van der Waals surface area contributed by atoms with Crippen molar-refractivity contribution in [1.82, 2.24) is 20.1 Å². The third-order valence-corrected chi connectivity index (χ3v) is 8.54. The first-order chi connectivity index (χ1) is 14.2. The largest absolute Gasteiger partial charge is 0.349 e. The van der Waals surface area contributed by atoms with Crippen molar-refractivity contribution in [3.8, 4) is 0 Å². The molecule has 2 fully saturated rings. The SMILES string of the molecule is Cn1cnnc1SCC(=O)Nc1cccc(C(=O)NC2CC3CCC2(C)C3(C)C)c1. The molecule has 2 bridgehead atoms. The molecule has 0 aliphatic heterocycles. The van der Waals surface area contributed by atoms with Crippen LogP contribution in [0.2, 0.25) is 0 Å². The molecule has 3 atom stereocenters. The summed E-state index contributed by atoms with van der Waals surface area (Å²) in [6.45, 7) is 6.99. The number of carbonyl (C=O) groups excluding carboxylic acids is 2. The fraction of sp³-hybridized carbons (Fsp3) is 0.545. The lowest BCUT2D eigenvalue weighted by molar-refractivity contribution is -0.113. The molecule has 2 saturated carbocycles. The summed E-state index contributed by atoms with van der Waals surface area (Å²) in [4.78, 5) is 25.2. The molecule has 2 amide bonds. The average Bonchev–Trinajstić information content (AvgIpc) is 3.27. The minimum Gasteiger partial charge on any atom is -0.349 e. The molecule has 0 radical (unpaired) electrons. The third kappa shape index (κ3) is 3.62. The number of fused-ring (bicyclic) bond motifs is 2. The monoisotopic (exact) mass is 427 g/mol. The number of amides is 2. The molecule has 1 heterocycles. The van der Waals surface area contributed by atoms with E-state index in [1.807, 2.05) is 7.05 Å². The van der Waals surface area contributed by atoms with E-state index in [4.69, 9.17) is 0 Å². The quantitative estimate of drug-likeness (QED) is 0.689. The Hall–Kier alpha value is -2.35. The number of benzene rings is 1.